The fourth-order valence-corrected chi connectivity index (χ4v) is 2.12. The van der Waals surface area contributed by atoms with E-state index in [4.69, 9.17) is 4.74 Å². The lowest BCUT2D eigenvalue weighted by Crippen LogP contribution is -2.48. The maximum Gasteiger partial charge on any atom is 0.325 e. The molecular formula is C13H19N3O4. The molecule has 0 bridgehead atoms. The van der Waals surface area contributed by atoms with E-state index >= 15 is 0 Å². The van der Waals surface area contributed by atoms with E-state index in [0.29, 0.717) is 37.4 Å². The molecule has 1 fully saturated rings. The van der Waals surface area contributed by atoms with Crippen molar-refractivity contribution in [1.29, 1.82) is 0 Å². The smallest absolute Gasteiger partial charge is 0.325 e. The lowest BCUT2D eigenvalue weighted by Gasteiger charge is -2.38. The molecule has 1 aliphatic heterocycles. The van der Waals surface area contributed by atoms with Crippen LogP contribution in [0.15, 0.2) is 9.59 Å². The van der Waals surface area contributed by atoms with E-state index in [1.807, 2.05) is 6.92 Å². The quantitative estimate of drug-likeness (QED) is 0.674. The van der Waals surface area contributed by atoms with Gasteiger partial charge in [-0.05, 0) is 13.3 Å². The van der Waals surface area contributed by atoms with Gasteiger partial charge in [-0.15, -0.1) is 0 Å². The van der Waals surface area contributed by atoms with Crippen LogP contribution in [0, 0.1) is 12.3 Å². The van der Waals surface area contributed by atoms with Gasteiger partial charge in [-0.25, -0.2) is 4.79 Å². The van der Waals surface area contributed by atoms with E-state index in [0.717, 1.165) is 0 Å². The van der Waals surface area contributed by atoms with E-state index in [1.165, 1.54) is 0 Å². The first-order chi connectivity index (χ1) is 9.39. The zero-order valence-corrected chi connectivity index (χ0v) is 11.7. The van der Waals surface area contributed by atoms with Crippen LogP contribution < -0.4 is 16.6 Å². The highest BCUT2D eigenvalue weighted by molar-refractivity contribution is 5.76. The molecule has 110 valence electrons. The summed E-state index contributed by atoms with van der Waals surface area (Å²) in [6, 6.07) is 0. The van der Waals surface area contributed by atoms with Crippen molar-refractivity contribution in [3.05, 3.63) is 32.1 Å². The van der Waals surface area contributed by atoms with E-state index in [2.05, 4.69) is 15.3 Å². The molecule has 1 aromatic heterocycles. The minimum absolute atomic E-state index is 0.0288. The molecule has 7 heteroatoms. The largest absolute Gasteiger partial charge is 0.380 e. The molecule has 1 aliphatic rings. The summed E-state index contributed by atoms with van der Waals surface area (Å²) in [5.41, 5.74) is 0.0157. The molecule has 0 saturated carbocycles. The van der Waals surface area contributed by atoms with Crippen LogP contribution in [0.3, 0.4) is 0 Å². The van der Waals surface area contributed by atoms with Gasteiger partial charge in [0.15, 0.2) is 0 Å². The molecule has 1 aromatic rings. The number of rotatable bonds is 5. The summed E-state index contributed by atoms with van der Waals surface area (Å²) in [5, 5.41) is 2.84. The van der Waals surface area contributed by atoms with Gasteiger partial charge >= 0.3 is 5.69 Å². The Balaban J connectivity index is 1.87. The first kappa shape index (κ1) is 14.5. The van der Waals surface area contributed by atoms with Gasteiger partial charge in [0.1, 0.15) is 0 Å². The van der Waals surface area contributed by atoms with Gasteiger partial charge < -0.3 is 15.0 Å². The van der Waals surface area contributed by atoms with Crippen molar-refractivity contribution in [2.24, 2.45) is 5.41 Å². The number of amides is 1. The van der Waals surface area contributed by atoms with E-state index < -0.39 is 11.2 Å². The molecule has 0 spiro atoms. The summed E-state index contributed by atoms with van der Waals surface area (Å²) >= 11 is 0. The second kappa shape index (κ2) is 5.62. The summed E-state index contributed by atoms with van der Waals surface area (Å²) in [4.78, 5) is 39.1. The highest BCUT2D eigenvalue weighted by Crippen LogP contribution is 2.24. The Hall–Kier alpha value is -1.89. The fourth-order valence-electron chi connectivity index (χ4n) is 2.12. The predicted octanol–water partition coefficient (Wildman–Crippen LogP) is -0.543. The Kier molecular flexibility index (Phi) is 4.08. The van der Waals surface area contributed by atoms with Gasteiger partial charge in [0.25, 0.3) is 5.56 Å². The van der Waals surface area contributed by atoms with Crippen LogP contribution in [-0.2, 0) is 16.0 Å². The summed E-state index contributed by atoms with van der Waals surface area (Å²) in [7, 11) is 0. The third-order valence-electron chi connectivity index (χ3n) is 3.47. The summed E-state index contributed by atoms with van der Waals surface area (Å²) in [6.45, 7) is 5.59. The molecule has 7 nitrogen and oxygen atoms in total. The Morgan fingerprint density at radius 3 is 2.60 bits per heavy atom. The second-order valence-electron chi connectivity index (χ2n) is 5.59. The van der Waals surface area contributed by atoms with Crippen molar-refractivity contribution in [3.8, 4) is 0 Å². The van der Waals surface area contributed by atoms with Crippen LogP contribution in [0.5, 0.6) is 0 Å². The van der Waals surface area contributed by atoms with Crippen molar-refractivity contribution < 1.29 is 9.53 Å². The van der Waals surface area contributed by atoms with Crippen LogP contribution in [0.4, 0.5) is 0 Å². The highest BCUT2D eigenvalue weighted by Gasteiger charge is 2.33. The number of H-pyrrole nitrogens is 2. The lowest BCUT2D eigenvalue weighted by atomic mass is 9.89. The third-order valence-corrected chi connectivity index (χ3v) is 3.47. The van der Waals surface area contributed by atoms with Crippen molar-refractivity contribution in [3.63, 3.8) is 0 Å². The number of ether oxygens (including phenoxy) is 1. The molecule has 0 unspecified atom stereocenters. The highest BCUT2D eigenvalue weighted by atomic mass is 16.5. The van der Waals surface area contributed by atoms with Crippen LogP contribution in [0.1, 0.15) is 24.6 Å². The number of hydrogen-bond donors (Lipinski definition) is 3. The molecule has 0 aliphatic carbocycles. The summed E-state index contributed by atoms with van der Waals surface area (Å²) < 4.78 is 5.11. The van der Waals surface area contributed by atoms with Crippen LogP contribution in [-0.4, -0.2) is 35.6 Å². The molecule has 2 heterocycles. The van der Waals surface area contributed by atoms with Gasteiger partial charge in [-0.1, -0.05) is 6.92 Å². The third kappa shape index (κ3) is 3.36. The Labute approximate surface area is 115 Å². The molecular weight excluding hydrogens is 262 g/mol. The topological polar surface area (TPSA) is 104 Å². The van der Waals surface area contributed by atoms with Gasteiger partial charge in [0, 0.05) is 29.6 Å². The Morgan fingerprint density at radius 1 is 1.35 bits per heavy atom. The Bertz CT molecular complexity index is 613. The molecule has 20 heavy (non-hydrogen) atoms. The molecule has 3 N–H and O–H groups in total. The van der Waals surface area contributed by atoms with Gasteiger partial charge in [0.2, 0.25) is 5.91 Å². The minimum atomic E-state index is -0.529. The normalized spacial score (nSPS) is 16.5. The lowest BCUT2D eigenvalue weighted by molar-refractivity contribution is -0.126. The number of nitrogens with one attached hydrogen (secondary N) is 3. The number of carbonyl (C=O) groups is 1. The first-order valence-electron chi connectivity index (χ1n) is 6.56. The molecule has 0 atom stereocenters. The number of aryl methyl sites for hydroxylation is 1. The van der Waals surface area contributed by atoms with E-state index in [9.17, 15) is 14.4 Å². The number of aromatic amines is 2. The zero-order chi connectivity index (χ0) is 14.8. The van der Waals surface area contributed by atoms with Crippen molar-refractivity contribution in [2.75, 3.05) is 19.8 Å². The summed E-state index contributed by atoms with van der Waals surface area (Å²) in [6.07, 6.45) is 0.518. The van der Waals surface area contributed by atoms with Gasteiger partial charge in [-0.3, -0.25) is 14.6 Å². The zero-order valence-electron chi connectivity index (χ0n) is 11.7. The average Bonchev–Trinajstić information content (AvgIpc) is 2.32. The monoisotopic (exact) mass is 281 g/mol. The van der Waals surface area contributed by atoms with Crippen LogP contribution in [0.25, 0.3) is 0 Å². The van der Waals surface area contributed by atoms with Crippen LogP contribution in [0.2, 0.25) is 0 Å². The standard InChI is InChI=1S/C13H19N3O4/c1-8-9(11(18)16-12(19)15-8)3-4-10(17)14-5-13(2)6-20-7-13/h3-7H2,1-2H3,(H,14,17)(H2,15,16,18,19). The number of carbonyl (C=O) groups excluding carboxylic acids is 1. The van der Waals surface area contributed by atoms with E-state index in [-0.39, 0.29) is 17.7 Å². The first-order valence-corrected chi connectivity index (χ1v) is 6.56. The number of hydrogen-bond acceptors (Lipinski definition) is 4. The molecule has 1 saturated heterocycles. The SMILES string of the molecule is Cc1[nH]c(=O)[nH]c(=O)c1CCC(=O)NCC1(C)COC1. The number of aromatic nitrogens is 2. The maximum atomic E-state index is 11.8. The summed E-state index contributed by atoms with van der Waals surface area (Å²) in [5.74, 6) is -0.108. The van der Waals surface area contributed by atoms with E-state index in [1.54, 1.807) is 6.92 Å². The molecule has 0 radical (unpaired) electrons. The second-order valence-corrected chi connectivity index (χ2v) is 5.59. The van der Waals surface area contributed by atoms with Crippen molar-refractivity contribution in [2.45, 2.75) is 26.7 Å². The average molecular weight is 281 g/mol. The molecule has 1 amide bonds. The fraction of sp³-hybridized carbons (Fsp3) is 0.615. The molecule has 2 rings (SSSR count). The predicted molar refractivity (Wildman–Crippen MR) is 72.7 cm³/mol. The van der Waals surface area contributed by atoms with Crippen molar-refractivity contribution >= 4 is 5.91 Å². The van der Waals surface area contributed by atoms with Crippen LogP contribution >= 0.6 is 0 Å². The molecule has 0 aromatic carbocycles. The van der Waals surface area contributed by atoms with Gasteiger partial charge in [-0.2, -0.15) is 0 Å². The van der Waals surface area contributed by atoms with Crippen molar-refractivity contribution in [1.82, 2.24) is 15.3 Å². The maximum absolute atomic E-state index is 11.8. The Morgan fingerprint density at radius 2 is 2.05 bits per heavy atom. The van der Waals surface area contributed by atoms with Gasteiger partial charge in [0.05, 0.1) is 13.2 Å². The minimum Gasteiger partial charge on any atom is -0.380 e.